The van der Waals surface area contributed by atoms with Crippen molar-refractivity contribution in [3.63, 3.8) is 0 Å². The number of benzene rings is 8. The number of carbonyl (C=O) groups is 4. The number of hydrogen-bond acceptors (Lipinski definition) is 18. The van der Waals surface area contributed by atoms with Gasteiger partial charge in [-0.2, -0.15) is 0 Å². The Labute approximate surface area is 617 Å². The van der Waals surface area contributed by atoms with Crippen molar-refractivity contribution in [1.82, 2.24) is 29.9 Å². The monoisotopic (exact) mass is 1480 g/mol. The van der Waals surface area contributed by atoms with Gasteiger partial charge in [-0.1, -0.05) is 54.1 Å². The molecule has 4 aromatic heterocycles. The number of alkyl halides is 2. The van der Waals surface area contributed by atoms with Crippen molar-refractivity contribution in [2.24, 2.45) is 0 Å². The van der Waals surface area contributed by atoms with Crippen LogP contribution >= 0.6 is 11.6 Å². The van der Waals surface area contributed by atoms with E-state index >= 15 is 0 Å². The number of amides is 4. The van der Waals surface area contributed by atoms with Crippen molar-refractivity contribution < 1.29 is 91.6 Å². The Morgan fingerprint density at radius 3 is 1.16 bits per heavy atom. The molecule has 8 aromatic carbocycles. The number of pyridine rings is 2. The van der Waals surface area contributed by atoms with Gasteiger partial charge in [-0.05, 0) is 182 Å². The topological polar surface area (TPSA) is 268 Å². The van der Waals surface area contributed by atoms with Crippen LogP contribution in [0.25, 0.3) is 44.8 Å². The van der Waals surface area contributed by atoms with Crippen molar-refractivity contribution in [2.75, 3.05) is 41.5 Å². The fourth-order valence-corrected chi connectivity index (χ4v) is 11.0. The lowest BCUT2D eigenvalue weighted by atomic mass is 10.0. The van der Waals surface area contributed by atoms with Crippen LogP contribution in [-0.4, -0.2) is 80.1 Å². The third-order valence-electron chi connectivity index (χ3n) is 16.0. The molecule has 0 spiro atoms. The highest BCUT2D eigenvalue weighted by Gasteiger charge is 2.44. The van der Waals surface area contributed by atoms with E-state index in [0.29, 0.717) is 72.9 Å². The predicted molar refractivity (Wildman–Crippen MR) is 380 cm³/mol. The molecular weight excluding hydrogens is 1420 g/mol. The predicted octanol–water partition coefficient (Wildman–Crippen LogP) is 16.7. The minimum Gasteiger partial charge on any atom is -0.454 e. The van der Waals surface area contributed by atoms with Gasteiger partial charge in [-0.25, -0.2) is 37.5 Å². The maximum atomic E-state index is 13.7. The zero-order valence-corrected chi connectivity index (χ0v) is 56.5. The molecule has 0 aliphatic carbocycles. The molecule has 0 saturated heterocycles. The van der Waals surface area contributed by atoms with E-state index in [4.69, 9.17) is 48.2 Å². The van der Waals surface area contributed by atoms with Gasteiger partial charge < -0.3 is 59.2 Å². The molecular formula is C78H55ClF6N10O12. The molecule has 0 fully saturated rings. The summed E-state index contributed by atoms with van der Waals surface area (Å²) in [6, 6.07) is 41.3. The van der Waals surface area contributed by atoms with E-state index in [-0.39, 0.29) is 58.0 Å². The number of anilines is 4. The van der Waals surface area contributed by atoms with E-state index < -0.39 is 72.7 Å². The first kappa shape index (κ1) is 64.2. The van der Waals surface area contributed by atoms with Crippen LogP contribution in [0.15, 0.2) is 201 Å². The molecule has 0 atom stereocenters. The van der Waals surface area contributed by atoms with Crippen LogP contribution in [0.4, 0.5) is 49.6 Å². The number of nitrogens with zero attached hydrogens (tertiary/aromatic N) is 6. The normalized spacial score (nSPS) is 14.8. The molecule has 0 radical (unpaired) electrons. The largest absolute Gasteiger partial charge is 0.586 e. The highest BCUT2D eigenvalue weighted by atomic mass is 35.5. The lowest BCUT2D eigenvalue weighted by Gasteiger charge is -2.09. The molecule has 107 heavy (non-hydrogen) atoms. The molecule has 16 rings (SSSR count). The Balaban J connectivity index is 0.000000132. The lowest BCUT2D eigenvalue weighted by molar-refractivity contribution is -0.286. The SMILES string of the molecule is Cc1cc2c(cc1-c1cnc(NC(=O)c3ccccc3)cn1)OC(F)(F)O2.[2H]C1([2H])Oc2cc(C)c(-c3ccc(NC(=O)c4c(F)cccc4F)nc3)cc2O1.[2H]C1([2H])Oc2cc(C)c(-c3ccc(NC(=O)c4ccccc4Cl)nc3)cc2O1.[2H]C1([2H])Oc2cc(C)c(-c3cnc(NC(=O)c4c(F)cccc4F)cn3)cc2O1. The number of halogens is 7. The van der Waals surface area contributed by atoms with E-state index in [0.717, 1.165) is 63.7 Å². The minimum atomic E-state index is -3.68. The molecule has 12 aromatic rings. The van der Waals surface area contributed by atoms with Gasteiger partial charge in [0.1, 0.15) is 54.3 Å². The Morgan fingerprint density at radius 2 is 0.738 bits per heavy atom. The van der Waals surface area contributed by atoms with Crippen LogP contribution in [0.3, 0.4) is 0 Å². The quantitative estimate of drug-likeness (QED) is 0.0828. The molecule has 8 heterocycles. The fraction of sp³-hybridized carbons (Fsp3) is 0.103. The summed E-state index contributed by atoms with van der Waals surface area (Å²) >= 11 is 6.04. The molecule has 4 aliphatic rings. The Kier molecular flexibility index (Phi) is 18.7. The molecule has 0 unspecified atom stereocenters. The van der Waals surface area contributed by atoms with Crippen LogP contribution in [-0.2, 0) is 0 Å². The number of nitrogens with one attached hydrogen (secondary N) is 4. The third-order valence-corrected chi connectivity index (χ3v) is 16.4. The maximum absolute atomic E-state index is 13.7. The first-order valence-corrected chi connectivity index (χ1v) is 32.1. The van der Waals surface area contributed by atoms with Crippen LogP contribution in [0.1, 0.15) is 71.9 Å². The molecule has 4 amide bonds. The average molecular weight is 1480 g/mol. The van der Waals surface area contributed by atoms with E-state index in [1.807, 2.05) is 26.0 Å². The van der Waals surface area contributed by atoms with Crippen molar-refractivity contribution in [3.05, 3.63) is 274 Å². The van der Waals surface area contributed by atoms with E-state index in [1.165, 1.54) is 55.2 Å². The second-order valence-electron chi connectivity index (χ2n) is 23.3. The number of aromatic nitrogens is 6. The van der Waals surface area contributed by atoms with Gasteiger partial charge in [0.05, 0.1) is 46.8 Å². The number of carbonyl (C=O) groups excluding carboxylic acids is 4. The molecule has 4 aliphatic heterocycles. The smallest absolute Gasteiger partial charge is 0.454 e. The maximum Gasteiger partial charge on any atom is 0.586 e. The van der Waals surface area contributed by atoms with Gasteiger partial charge in [-0.3, -0.25) is 29.1 Å². The highest BCUT2D eigenvalue weighted by Crippen LogP contribution is 2.45. The van der Waals surface area contributed by atoms with Crippen LogP contribution < -0.4 is 59.2 Å². The number of ether oxygens (including phenoxy) is 8. The van der Waals surface area contributed by atoms with Gasteiger partial charge in [0.2, 0.25) is 20.2 Å². The Hall–Kier alpha value is -13.6. The fourth-order valence-electron chi connectivity index (χ4n) is 10.8. The summed E-state index contributed by atoms with van der Waals surface area (Å²) in [7, 11) is 0. The second kappa shape index (κ2) is 31.1. The van der Waals surface area contributed by atoms with Crippen LogP contribution in [0.2, 0.25) is 5.02 Å². The Morgan fingerprint density at radius 1 is 0.383 bits per heavy atom. The first-order chi connectivity index (χ1) is 53.7. The molecule has 0 bridgehead atoms. The molecule has 4 N–H and O–H groups in total. The van der Waals surface area contributed by atoms with E-state index in [2.05, 4.69) is 60.6 Å². The van der Waals surface area contributed by atoms with Crippen molar-refractivity contribution in [2.45, 2.75) is 34.0 Å². The minimum absolute atomic E-state index is 0.0103. The zero-order chi connectivity index (χ0) is 80.4. The van der Waals surface area contributed by atoms with Gasteiger partial charge in [0, 0.05) is 40.2 Å². The van der Waals surface area contributed by atoms with Gasteiger partial charge >= 0.3 is 6.29 Å². The first-order valence-electron chi connectivity index (χ1n) is 34.7. The average Bonchev–Trinajstić information content (AvgIpc) is 1.66. The Bertz CT molecular complexity index is 5510. The molecule has 29 heteroatoms. The summed E-state index contributed by atoms with van der Waals surface area (Å²) in [6.45, 7) is 0.603. The van der Waals surface area contributed by atoms with Crippen LogP contribution in [0, 0.1) is 51.0 Å². The van der Waals surface area contributed by atoms with Crippen molar-refractivity contribution in [1.29, 1.82) is 0 Å². The lowest BCUT2D eigenvalue weighted by Crippen LogP contribution is -2.25. The van der Waals surface area contributed by atoms with Crippen molar-refractivity contribution in [3.8, 4) is 90.8 Å². The summed E-state index contributed by atoms with van der Waals surface area (Å²) in [6.07, 6.45) is 4.89. The van der Waals surface area contributed by atoms with E-state index in [1.54, 1.807) is 117 Å². The summed E-state index contributed by atoms with van der Waals surface area (Å²) in [5, 5.41) is 10.4. The second-order valence-corrected chi connectivity index (χ2v) is 23.7. The summed E-state index contributed by atoms with van der Waals surface area (Å²) in [5.41, 5.74) is 7.69. The van der Waals surface area contributed by atoms with Gasteiger partial charge in [0.15, 0.2) is 57.6 Å². The number of hydrogen-bond donors (Lipinski definition) is 4. The number of fused-ring (bicyclic) bond motifs is 4. The number of rotatable bonds is 12. The summed E-state index contributed by atoms with van der Waals surface area (Å²) in [4.78, 5) is 73.9. The molecule has 538 valence electrons. The van der Waals surface area contributed by atoms with Crippen molar-refractivity contribution >= 4 is 58.5 Å². The van der Waals surface area contributed by atoms with Gasteiger partial charge in [-0.15, -0.1) is 8.78 Å². The summed E-state index contributed by atoms with van der Waals surface area (Å²) < 4.78 is 166. The standard InChI is InChI=1S/C20H15ClN2O3.C20H14F2N2O3.2C19H13F2N3O3/c1-12-8-17-18(26-11-25-17)9-15(12)13-6-7-19(22-10-13)23-20(24)14-4-2-3-5-16(14)21;1-11-7-16-17(27-10-26-16)8-13(11)12-5-6-18(23-9-12)24-20(25)19-14(21)3-2-4-15(19)22;1-10-5-15-16(27-9-26-15)6-11(10)14-7-23-17(8-22-14)24-19(25)18-12(20)3-2-4-13(18)21;1-11-7-15-16(27-19(20,21)26-15)8-13(11)14-9-23-17(10-22-14)24-18(25)12-5-3-2-4-6-12/h2-10H,11H2,1H3,(H,22,23,24);2-9H,10H2,1H3,(H,23,24,25);2-8H,9H2,1H3,(H,23,24,25);2-10H,1H3,(H,23,24,25)/i11D2;10D2;9D2;. The van der Waals surface area contributed by atoms with Gasteiger partial charge in [0.25, 0.3) is 23.6 Å². The summed E-state index contributed by atoms with van der Waals surface area (Å²) in [5.74, 6) is -3.98. The highest BCUT2D eigenvalue weighted by molar-refractivity contribution is 6.34. The van der Waals surface area contributed by atoms with Crippen LogP contribution in [0.5, 0.6) is 46.0 Å². The third kappa shape index (κ3) is 16.6. The molecule has 22 nitrogen and oxygen atoms in total. The zero-order valence-electron chi connectivity index (χ0n) is 61.8. The number of aryl methyl sites for hydroxylation is 4. The van der Waals surface area contributed by atoms with E-state index in [9.17, 15) is 45.5 Å². The molecule has 0 saturated carbocycles.